The van der Waals surface area contributed by atoms with Crippen LogP contribution in [0.25, 0.3) is 5.65 Å². The van der Waals surface area contributed by atoms with Gasteiger partial charge in [-0.3, -0.25) is 0 Å². The van der Waals surface area contributed by atoms with Crippen molar-refractivity contribution in [2.75, 3.05) is 5.32 Å². The summed E-state index contributed by atoms with van der Waals surface area (Å²) in [6, 6.07) is 1.80. The molecule has 17 heavy (non-hydrogen) atoms. The zero-order chi connectivity index (χ0) is 11.7. The Morgan fingerprint density at radius 1 is 1.41 bits per heavy atom. The van der Waals surface area contributed by atoms with Crippen molar-refractivity contribution in [2.45, 2.75) is 6.54 Å². The second kappa shape index (κ2) is 4.17. The number of aromatic nitrogens is 4. The van der Waals surface area contributed by atoms with E-state index in [1.165, 1.54) is 0 Å². The molecular formula is C10H8BrN5O. The fraction of sp³-hybridized carbons (Fsp3) is 0.100. The van der Waals surface area contributed by atoms with Crippen molar-refractivity contribution in [1.29, 1.82) is 0 Å². The summed E-state index contributed by atoms with van der Waals surface area (Å²) in [6.07, 6.45) is 7.04. The van der Waals surface area contributed by atoms with Gasteiger partial charge in [0.25, 0.3) is 0 Å². The monoisotopic (exact) mass is 293 g/mol. The fourth-order valence-corrected chi connectivity index (χ4v) is 1.92. The molecule has 0 radical (unpaired) electrons. The summed E-state index contributed by atoms with van der Waals surface area (Å²) in [5, 5.41) is 6.80. The Labute approximate surface area is 105 Å². The van der Waals surface area contributed by atoms with Crippen LogP contribution < -0.4 is 5.32 Å². The molecule has 0 bridgehead atoms. The Morgan fingerprint density at radius 2 is 2.35 bits per heavy atom. The van der Waals surface area contributed by atoms with Crippen LogP contribution in [0, 0.1) is 0 Å². The number of imidazole rings is 1. The summed E-state index contributed by atoms with van der Waals surface area (Å²) in [5.74, 6) is 1.44. The third kappa shape index (κ3) is 2.01. The molecule has 0 unspecified atom stereocenters. The summed E-state index contributed by atoms with van der Waals surface area (Å²) >= 11 is 3.35. The van der Waals surface area contributed by atoms with E-state index in [9.17, 15) is 0 Å². The van der Waals surface area contributed by atoms with Gasteiger partial charge < -0.3 is 14.2 Å². The van der Waals surface area contributed by atoms with E-state index in [0.717, 1.165) is 16.0 Å². The van der Waals surface area contributed by atoms with E-state index in [4.69, 9.17) is 4.52 Å². The highest BCUT2D eigenvalue weighted by Crippen LogP contribution is 2.17. The molecule has 0 fully saturated rings. The third-order valence-electron chi connectivity index (χ3n) is 2.27. The maximum Gasteiger partial charge on any atom is 0.180 e. The number of anilines is 1. The van der Waals surface area contributed by atoms with E-state index in [2.05, 4.69) is 36.4 Å². The summed E-state index contributed by atoms with van der Waals surface area (Å²) in [5.41, 5.74) is 0.771. The van der Waals surface area contributed by atoms with Crippen molar-refractivity contribution in [2.24, 2.45) is 0 Å². The van der Waals surface area contributed by atoms with Gasteiger partial charge >= 0.3 is 0 Å². The molecule has 6 nitrogen and oxygen atoms in total. The highest BCUT2D eigenvalue weighted by molar-refractivity contribution is 9.10. The van der Waals surface area contributed by atoms with Crippen LogP contribution in [0.15, 0.2) is 40.0 Å². The molecule has 3 aromatic rings. The first kappa shape index (κ1) is 10.3. The average molecular weight is 294 g/mol. The Hall–Kier alpha value is -1.89. The Morgan fingerprint density at radius 3 is 3.18 bits per heavy atom. The standard InChI is InChI=1S/C10H8BrN5O/c11-8-6-16-4-3-12-10(16)9(15-8)13-5-7-1-2-14-17-7/h1-4,6H,5H2,(H,13,15). The minimum absolute atomic E-state index is 0.520. The predicted octanol–water partition coefficient (Wildman–Crippen LogP) is 2.09. The first-order valence-electron chi connectivity index (χ1n) is 4.95. The molecule has 0 saturated carbocycles. The van der Waals surface area contributed by atoms with Gasteiger partial charge in [0.05, 0.1) is 12.7 Å². The number of hydrogen-bond acceptors (Lipinski definition) is 5. The number of nitrogens with one attached hydrogen (secondary N) is 1. The lowest BCUT2D eigenvalue weighted by molar-refractivity contribution is 0.388. The summed E-state index contributed by atoms with van der Waals surface area (Å²) in [4.78, 5) is 8.56. The highest BCUT2D eigenvalue weighted by atomic mass is 79.9. The largest absolute Gasteiger partial charge is 0.360 e. The lowest BCUT2D eigenvalue weighted by Crippen LogP contribution is -2.03. The van der Waals surface area contributed by atoms with E-state index >= 15 is 0 Å². The molecule has 0 amide bonds. The second-order valence-corrected chi connectivity index (χ2v) is 4.22. The molecule has 0 atom stereocenters. The minimum Gasteiger partial charge on any atom is -0.360 e. The van der Waals surface area contributed by atoms with Crippen molar-refractivity contribution >= 4 is 27.4 Å². The van der Waals surface area contributed by atoms with Gasteiger partial charge in [0.2, 0.25) is 0 Å². The highest BCUT2D eigenvalue weighted by Gasteiger charge is 2.06. The van der Waals surface area contributed by atoms with E-state index in [0.29, 0.717) is 12.4 Å². The first-order chi connectivity index (χ1) is 8.33. The van der Waals surface area contributed by atoms with Crippen molar-refractivity contribution in [1.82, 2.24) is 19.5 Å². The van der Waals surface area contributed by atoms with E-state index in [1.54, 1.807) is 18.5 Å². The van der Waals surface area contributed by atoms with Gasteiger partial charge in [0.1, 0.15) is 4.60 Å². The minimum atomic E-state index is 0.520. The lowest BCUT2D eigenvalue weighted by atomic mass is 10.4. The van der Waals surface area contributed by atoms with E-state index in [1.807, 2.05) is 16.8 Å². The molecule has 3 heterocycles. The molecule has 7 heteroatoms. The Bertz CT molecular complexity index is 633. The molecule has 86 valence electrons. The number of rotatable bonds is 3. The van der Waals surface area contributed by atoms with Gasteiger partial charge in [0.15, 0.2) is 17.2 Å². The number of hydrogen-bond donors (Lipinski definition) is 1. The smallest absolute Gasteiger partial charge is 0.180 e. The van der Waals surface area contributed by atoms with Crippen LogP contribution in [0.4, 0.5) is 5.82 Å². The van der Waals surface area contributed by atoms with Crippen LogP contribution in [0.3, 0.4) is 0 Å². The van der Waals surface area contributed by atoms with Gasteiger partial charge in [-0.1, -0.05) is 5.16 Å². The zero-order valence-electron chi connectivity index (χ0n) is 8.67. The van der Waals surface area contributed by atoms with Crippen molar-refractivity contribution in [3.63, 3.8) is 0 Å². The van der Waals surface area contributed by atoms with Crippen molar-refractivity contribution < 1.29 is 4.52 Å². The van der Waals surface area contributed by atoms with E-state index < -0.39 is 0 Å². The molecule has 0 aliphatic rings. The van der Waals surface area contributed by atoms with Crippen LogP contribution >= 0.6 is 15.9 Å². The van der Waals surface area contributed by atoms with Gasteiger partial charge in [-0.25, -0.2) is 9.97 Å². The molecule has 3 aromatic heterocycles. The first-order valence-corrected chi connectivity index (χ1v) is 5.75. The molecule has 3 rings (SSSR count). The van der Waals surface area contributed by atoms with Crippen LogP contribution in [0.5, 0.6) is 0 Å². The van der Waals surface area contributed by atoms with Gasteiger partial charge in [0, 0.05) is 24.7 Å². The van der Waals surface area contributed by atoms with Gasteiger partial charge in [-0.15, -0.1) is 0 Å². The maximum atomic E-state index is 5.00. The topological polar surface area (TPSA) is 68.2 Å². The zero-order valence-corrected chi connectivity index (χ0v) is 10.3. The quantitative estimate of drug-likeness (QED) is 0.801. The summed E-state index contributed by atoms with van der Waals surface area (Å²) in [6.45, 7) is 0.520. The van der Waals surface area contributed by atoms with Gasteiger partial charge in [-0.05, 0) is 15.9 Å². The van der Waals surface area contributed by atoms with Crippen molar-refractivity contribution in [3.8, 4) is 0 Å². The number of nitrogens with zero attached hydrogens (tertiary/aromatic N) is 4. The normalized spacial score (nSPS) is 10.9. The Kier molecular flexibility index (Phi) is 2.52. The molecule has 0 aromatic carbocycles. The Balaban J connectivity index is 1.91. The molecule has 0 aliphatic heterocycles. The summed E-state index contributed by atoms with van der Waals surface area (Å²) in [7, 11) is 0. The van der Waals surface area contributed by atoms with Crippen LogP contribution in [-0.2, 0) is 6.54 Å². The van der Waals surface area contributed by atoms with Crippen LogP contribution in [-0.4, -0.2) is 19.5 Å². The van der Waals surface area contributed by atoms with E-state index in [-0.39, 0.29) is 0 Å². The second-order valence-electron chi connectivity index (χ2n) is 3.40. The number of fused-ring (bicyclic) bond motifs is 1. The number of halogens is 1. The van der Waals surface area contributed by atoms with Gasteiger partial charge in [-0.2, -0.15) is 0 Å². The fourth-order valence-electron chi connectivity index (χ4n) is 1.52. The van der Waals surface area contributed by atoms with Crippen LogP contribution in [0.1, 0.15) is 5.76 Å². The molecule has 1 N–H and O–H groups in total. The molecule has 0 aliphatic carbocycles. The summed E-state index contributed by atoms with van der Waals surface area (Å²) < 4.78 is 7.63. The maximum absolute atomic E-state index is 5.00. The van der Waals surface area contributed by atoms with Crippen molar-refractivity contribution in [3.05, 3.63) is 41.2 Å². The molecule has 0 saturated heterocycles. The van der Waals surface area contributed by atoms with Crippen LogP contribution in [0.2, 0.25) is 0 Å². The average Bonchev–Trinajstić information content (AvgIpc) is 2.95. The predicted molar refractivity (Wildman–Crippen MR) is 64.5 cm³/mol. The molecule has 0 spiro atoms. The molecular weight excluding hydrogens is 286 g/mol. The SMILES string of the molecule is Brc1cn2ccnc2c(NCc2ccno2)n1. The third-order valence-corrected chi connectivity index (χ3v) is 2.65. The lowest BCUT2D eigenvalue weighted by Gasteiger charge is -2.05.